The molecule has 0 aromatic heterocycles. The average Bonchev–Trinajstić information content (AvgIpc) is 3.31. The fourth-order valence-electron chi connectivity index (χ4n) is 7.82. The van der Waals surface area contributed by atoms with Crippen LogP contribution in [0.3, 0.4) is 0 Å². The molecule has 380 valence electrons. The van der Waals surface area contributed by atoms with Gasteiger partial charge in [0.05, 0.1) is 0 Å². The van der Waals surface area contributed by atoms with Crippen molar-refractivity contribution in [2.45, 2.75) is 277 Å². The summed E-state index contributed by atoms with van der Waals surface area (Å²) in [5.74, 6) is -0.920. The molecular weight excluding hydrogens is 817 g/mol. The Kier molecular flexibility index (Phi) is 51.9. The number of rotatable bonds is 50. The van der Waals surface area contributed by atoms with E-state index in [1.807, 2.05) is 24.3 Å². The van der Waals surface area contributed by atoms with E-state index in [9.17, 15) is 14.4 Å². The fraction of sp³-hybridized carbons (Fsp3) is 0.750. The number of ether oxygens (including phenoxy) is 3. The monoisotopic (exact) mass is 921 g/mol. The molecule has 0 N–H and O–H groups in total. The van der Waals surface area contributed by atoms with Gasteiger partial charge in [-0.05, 0) is 64.2 Å². The third-order valence-electron chi connectivity index (χ3n) is 12.0. The number of carbonyl (C=O) groups excluding carboxylic acids is 3. The summed E-state index contributed by atoms with van der Waals surface area (Å²) in [6.07, 6.45) is 68.8. The first-order valence-electron chi connectivity index (χ1n) is 28.0. The van der Waals surface area contributed by atoms with Crippen LogP contribution in [-0.2, 0) is 28.6 Å². The van der Waals surface area contributed by atoms with E-state index in [0.717, 1.165) is 96.3 Å². The SMILES string of the molecule is CCC\C=C/C=C\C=C/C=C\C=C/CCCCCCCC(=O)OCC(COC(=O)CCCCC/C=C\CCCCCCCCC)OC(=O)CCCCCCCCCCCCCCCCCC. The van der Waals surface area contributed by atoms with Crippen LogP contribution in [0, 0.1) is 0 Å². The number of esters is 3. The van der Waals surface area contributed by atoms with Crippen LogP contribution in [0.25, 0.3) is 0 Å². The molecule has 0 aromatic rings. The minimum absolute atomic E-state index is 0.0898. The molecule has 0 heterocycles. The predicted octanol–water partition coefficient (Wildman–Crippen LogP) is 18.6. The molecule has 0 aromatic carbocycles. The van der Waals surface area contributed by atoms with E-state index in [-0.39, 0.29) is 31.1 Å². The Balaban J connectivity index is 4.44. The van der Waals surface area contributed by atoms with Crippen molar-refractivity contribution >= 4 is 17.9 Å². The van der Waals surface area contributed by atoms with Crippen LogP contribution in [0.15, 0.2) is 72.9 Å². The topological polar surface area (TPSA) is 78.9 Å². The van der Waals surface area contributed by atoms with Crippen molar-refractivity contribution in [1.29, 1.82) is 0 Å². The first kappa shape index (κ1) is 62.8. The van der Waals surface area contributed by atoms with Gasteiger partial charge in [-0.15, -0.1) is 0 Å². The number of hydrogen-bond acceptors (Lipinski definition) is 6. The maximum absolute atomic E-state index is 12.8. The molecule has 0 bridgehead atoms. The van der Waals surface area contributed by atoms with Gasteiger partial charge in [0.2, 0.25) is 0 Å². The van der Waals surface area contributed by atoms with Crippen LogP contribution in [0.1, 0.15) is 271 Å². The van der Waals surface area contributed by atoms with E-state index >= 15 is 0 Å². The highest BCUT2D eigenvalue weighted by atomic mass is 16.6. The first-order chi connectivity index (χ1) is 32.5. The zero-order valence-electron chi connectivity index (χ0n) is 43.4. The summed E-state index contributed by atoms with van der Waals surface area (Å²) in [4.78, 5) is 38.1. The lowest BCUT2D eigenvalue weighted by molar-refractivity contribution is -0.167. The normalized spacial score (nSPS) is 12.6. The Bertz CT molecular complexity index is 1240. The van der Waals surface area contributed by atoms with Gasteiger partial charge in [0.25, 0.3) is 0 Å². The van der Waals surface area contributed by atoms with Crippen molar-refractivity contribution in [2.75, 3.05) is 13.2 Å². The van der Waals surface area contributed by atoms with E-state index in [4.69, 9.17) is 14.2 Å². The van der Waals surface area contributed by atoms with E-state index in [0.29, 0.717) is 19.3 Å². The third kappa shape index (κ3) is 51.8. The second-order valence-electron chi connectivity index (χ2n) is 18.6. The summed E-state index contributed by atoms with van der Waals surface area (Å²) >= 11 is 0. The van der Waals surface area contributed by atoms with E-state index in [1.54, 1.807) is 0 Å². The van der Waals surface area contributed by atoms with Gasteiger partial charge in [-0.1, -0.05) is 261 Å². The molecule has 0 aliphatic rings. The summed E-state index contributed by atoms with van der Waals surface area (Å²) in [7, 11) is 0. The van der Waals surface area contributed by atoms with Crippen molar-refractivity contribution in [1.82, 2.24) is 0 Å². The summed E-state index contributed by atoms with van der Waals surface area (Å²) < 4.78 is 16.8. The van der Waals surface area contributed by atoms with Crippen LogP contribution in [0.2, 0.25) is 0 Å². The van der Waals surface area contributed by atoms with Crippen molar-refractivity contribution in [3.05, 3.63) is 72.9 Å². The zero-order chi connectivity index (χ0) is 47.9. The van der Waals surface area contributed by atoms with Gasteiger partial charge in [-0.3, -0.25) is 14.4 Å². The molecule has 0 amide bonds. The Morgan fingerprint density at radius 1 is 0.303 bits per heavy atom. The Hall–Kier alpha value is -3.15. The molecule has 0 spiro atoms. The highest BCUT2D eigenvalue weighted by Gasteiger charge is 2.19. The van der Waals surface area contributed by atoms with E-state index in [2.05, 4.69) is 69.4 Å². The van der Waals surface area contributed by atoms with Gasteiger partial charge >= 0.3 is 17.9 Å². The van der Waals surface area contributed by atoms with Gasteiger partial charge in [0, 0.05) is 19.3 Å². The average molecular weight is 921 g/mol. The highest BCUT2D eigenvalue weighted by Crippen LogP contribution is 2.16. The third-order valence-corrected chi connectivity index (χ3v) is 12.0. The number of hydrogen-bond donors (Lipinski definition) is 0. The standard InChI is InChI=1S/C60H104O6/c1-4-7-10-13-16-19-22-25-28-30-31-33-35-38-41-44-47-50-53-59(62)65-56-57(55-64-58(61)52-49-46-43-40-37-34-27-24-21-18-15-12-9-6-3)66-60(63)54-51-48-45-42-39-36-32-29-26-23-20-17-14-11-8-5-2/h10,13,16,19,22,25,28,30-31,33-34,37,57H,4-9,11-12,14-15,17-18,20-21,23-24,26-27,29,32,35-36,38-56H2,1-3H3/b13-10-,19-16-,25-22-,30-28-,33-31-,37-34-. The highest BCUT2D eigenvalue weighted by molar-refractivity contribution is 5.71. The molecule has 0 saturated carbocycles. The maximum Gasteiger partial charge on any atom is 0.306 e. The van der Waals surface area contributed by atoms with Crippen LogP contribution < -0.4 is 0 Å². The number of unbranched alkanes of at least 4 members (excludes halogenated alkanes) is 31. The predicted molar refractivity (Wildman–Crippen MR) is 284 cm³/mol. The first-order valence-corrected chi connectivity index (χ1v) is 28.0. The lowest BCUT2D eigenvalue weighted by Crippen LogP contribution is -2.30. The summed E-state index contributed by atoms with van der Waals surface area (Å²) in [6, 6.07) is 0. The second-order valence-corrected chi connectivity index (χ2v) is 18.6. The lowest BCUT2D eigenvalue weighted by atomic mass is 10.0. The molecule has 66 heavy (non-hydrogen) atoms. The maximum atomic E-state index is 12.8. The van der Waals surface area contributed by atoms with Crippen LogP contribution in [-0.4, -0.2) is 37.2 Å². The van der Waals surface area contributed by atoms with Gasteiger partial charge in [0.1, 0.15) is 13.2 Å². The summed E-state index contributed by atoms with van der Waals surface area (Å²) in [5.41, 5.74) is 0. The molecule has 0 fully saturated rings. The molecule has 0 rings (SSSR count). The number of carbonyl (C=O) groups is 3. The Morgan fingerprint density at radius 3 is 0.970 bits per heavy atom. The van der Waals surface area contributed by atoms with Gasteiger partial charge in [-0.2, -0.15) is 0 Å². The van der Waals surface area contributed by atoms with Gasteiger partial charge < -0.3 is 14.2 Å². The van der Waals surface area contributed by atoms with Crippen molar-refractivity contribution in [2.24, 2.45) is 0 Å². The smallest absolute Gasteiger partial charge is 0.306 e. The van der Waals surface area contributed by atoms with Crippen LogP contribution >= 0.6 is 0 Å². The zero-order valence-corrected chi connectivity index (χ0v) is 43.4. The summed E-state index contributed by atoms with van der Waals surface area (Å²) in [6.45, 7) is 6.53. The van der Waals surface area contributed by atoms with Gasteiger partial charge in [-0.25, -0.2) is 0 Å². The van der Waals surface area contributed by atoms with E-state index in [1.165, 1.54) is 135 Å². The van der Waals surface area contributed by atoms with Crippen molar-refractivity contribution in [3.8, 4) is 0 Å². The fourth-order valence-corrected chi connectivity index (χ4v) is 7.82. The molecule has 0 saturated heterocycles. The lowest BCUT2D eigenvalue weighted by Gasteiger charge is -2.18. The van der Waals surface area contributed by atoms with Crippen molar-refractivity contribution in [3.63, 3.8) is 0 Å². The largest absolute Gasteiger partial charge is 0.462 e. The van der Waals surface area contributed by atoms with Crippen molar-refractivity contribution < 1.29 is 28.6 Å². The second kappa shape index (κ2) is 54.5. The minimum Gasteiger partial charge on any atom is -0.462 e. The molecule has 0 aliphatic heterocycles. The summed E-state index contributed by atoms with van der Waals surface area (Å²) in [5, 5.41) is 0. The minimum atomic E-state index is -0.790. The molecule has 0 radical (unpaired) electrons. The van der Waals surface area contributed by atoms with Crippen LogP contribution in [0.4, 0.5) is 0 Å². The Labute approximate surface area is 408 Å². The van der Waals surface area contributed by atoms with Crippen LogP contribution in [0.5, 0.6) is 0 Å². The molecule has 6 heteroatoms. The quantitative estimate of drug-likeness (QED) is 0.0199. The Morgan fingerprint density at radius 2 is 0.591 bits per heavy atom. The van der Waals surface area contributed by atoms with E-state index < -0.39 is 6.10 Å². The molecule has 6 nitrogen and oxygen atoms in total. The molecular formula is C60H104O6. The molecule has 1 atom stereocenters. The van der Waals surface area contributed by atoms with Gasteiger partial charge in [0.15, 0.2) is 6.10 Å². The molecule has 1 unspecified atom stereocenters. The molecule has 0 aliphatic carbocycles. The number of allylic oxidation sites excluding steroid dienone is 12.